The number of hydrogen-bond acceptors (Lipinski definition) is 3. The second-order valence-corrected chi connectivity index (χ2v) is 4.26. The molecular weight excluding hydrogens is 212 g/mol. The van der Waals surface area contributed by atoms with Gasteiger partial charge in [-0.15, -0.1) is 11.3 Å². The van der Waals surface area contributed by atoms with Crippen molar-refractivity contribution < 1.29 is 14.6 Å². The molecule has 0 spiro atoms. The second-order valence-electron chi connectivity index (χ2n) is 3.14. The summed E-state index contributed by atoms with van der Waals surface area (Å²) in [6.45, 7) is 0. The van der Waals surface area contributed by atoms with Crippen LogP contribution in [0.25, 0.3) is 10.1 Å². The van der Waals surface area contributed by atoms with Gasteiger partial charge in [0.25, 0.3) is 0 Å². The largest absolute Gasteiger partial charge is 0.479 e. The fourth-order valence-electron chi connectivity index (χ4n) is 1.47. The summed E-state index contributed by atoms with van der Waals surface area (Å²) < 4.78 is 6.02. The van der Waals surface area contributed by atoms with Gasteiger partial charge >= 0.3 is 5.97 Å². The molecule has 1 atom stereocenters. The van der Waals surface area contributed by atoms with Gasteiger partial charge in [-0.25, -0.2) is 4.79 Å². The van der Waals surface area contributed by atoms with Crippen molar-refractivity contribution in [1.29, 1.82) is 0 Å². The predicted molar refractivity (Wildman–Crippen MR) is 59.2 cm³/mol. The van der Waals surface area contributed by atoms with Crippen molar-refractivity contribution >= 4 is 27.4 Å². The normalized spacial score (nSPS) is 12.9. The zero-order chi connectivity index (χ0) is 10.8. The average Bonchev–Trinajstić information content (AvgIpc) is 2.61. The number of ether oxygens (including phenoxy) is 1. The van der Waals surface area contributed by atoms with E-state index in [2.05, 4.69) is 0 Å². The Bertz CT molecular complexity index is 456. The third-order valence-corrected chi connectivity index (χ3v) is 3.32. The van der Waals surface area contributed by atoms with Crippen LogP contribution >= 0.6 is 11.3 Å². The molecule has 15 heavy (non-hydrogen) atoms. The number of rotatable bonds is 3. The maximum absolute atomic E-state index is 10.9. The van der Waals surface area contributed by atoms with E-state index in [1.54, 1.807) is 0 Å². The van der Waals surface area contributed by atoms with Crippen molar-refractivity contribution in [2.45, 2.75) is 6.10 Å². The van der Waals surface area contributed by atoms with E-state index in [1.165, 1.54) is 18.4 Å². The number of fused-ring (bicyclic) bond motifs is 1. The highest BCUT2D eigenvalue weighted by atomic mass is 32.1. The molecule has 2 aromatic rings. The molecule has 0 aliphatic rings. The van der Waals surface area contributed by atoms with Gasteiger partial charge in [0.05, 0.1) is 0 Å². The summed E-state index contributed by atoms with van der Waals surface area (Å²) in [6, 6.07) is 9.66. The molecule has 0 aliphatic heterocycles. The summed E-state index contributed by atoms with van der Waals surface area (Å²) in [4.78, 5) is 11.6. The van der Waals surface area contributed by atoms with Crippen molar-refractivity contribution in [2.75, 3.05) is 7.11 Å². The minimum atomic E-state index is -0.955. The third-order valence-electron chi connectivity index (χ3n) is 2.16. The Morgan fingerprint density at radius 2 is 2.20 bits per heavy atom. The number of carboxylic acid groups (broad SMARTS) is 1. The molecule has 3 nitrogen and oxygen atoms in total. The lowest BCUT2D eigenvalue weighted by Gasteiger charge is -2.06. The molecule has 0 radical (unpaired) electrons. The number of thiophene rings is 1. The quantitative estimate of drug-likeness (QED) is 0.868. The molecule has 1 N–H and O–H groups in total. The Morgan fingerprint density at radius 3 is 2.80 bits per heavy atom. The van der Waals surface area contributed by atoms with E-state index >= 15 is 0 Å². The molecule has 1 unspecified atom stereocenters. The van der Waals surface area contributed by atoms with E-state index in [1.807, 2.05) is 30.3 Å². The predicted octanol–water partition coefficient (Wildman–Crippen LogP) is 2.67. The van der Waals surface area contributed by atoms with Crippen LogP contribution < -0.4 is 0 Å². The van der Waals surface area contributed by atoms with Crippen molar-refractivity contribution in [1.82, 2.24) is 0 Å². The van der Waals surface area contributed by atoms with E-state index in [0.29, 0.717) is 0 Å². The van der Waals surface area contributed by atoms with E-state index in [4.69, 9.17) is 9.84 Å². The maximum atomic E-state index is 10.9. The summed E-state index contributed by atoms with van der Waals surface area (Å²) in [7, 11) is 1.41. The van der Waals surface area contributed by atoms with Gasteiger partial charge < -0.3 is 9.84 Å². The van der Waals surface area contributed by atoms with E-state index in [9.17, 15) is 4.79 Å². The van der Waals surface area contributed by atoms with Crippen molar-refractivity contribution in [3.8, 4) is 0 Å². The minimum absolute atomic E-state index is 0.728. The highest BCUT2D eigenvalue weighted by molar-refractivity contribution is 7.19. The lowest BCUT2D eigenvalue weighted by Crippen LogP contribution is -2.11. The standard InChI is InChI=1S/C11H10O3S/c1-14-10(11(12)13)9-6-7-4-2-3-5-8(7)15-9/h2-6,10H,1H3,(H,12,13). The van der Waals surface area contributed by atoms with Crippen LogP contribution in [0, 0.1) is 0 Å². The van der Waals surface area contributed by atoms with Gasteiger partial charge in [0, 0.05) is 16.7 Å². The van der Waals surface area contributed by atoms with Crippen LogP contribution in [0.1, 0.15) is 11.0 Å². The first-order valence-corrected chi connectivity index (χ1v) is 5.28. The minimum Gasteiger partial charge on any atom is -0.479 e. The molecule has 1 heterocycles. The zero-order valence-corrected chi connectivity index (χ0v) is 8.95. The topological polar surface area (TPSA) is 46.5 Å². The molecule has 0 fully saturated rings. The van der Waals surface area contributed by atoms with Crippen molar-refractivity contribution in [3.63, 3.8) is 0 Å². The average molecular weight is 222 g/mol. The van der Waals surface area contributed by atoms with Gasteiger partial charge in [-0.3, -0.25) is 0 Å². The Labute approximate surface area is 90.9 Å². The first-order valence-electron chi connectivity index (χ1n) is 4.46. The number of carboxylic acids is 1. The van der Waals surface area contributed by atoms with E-state index in [-0.39, 0.29) is 0 Å². The number of hydrogen-bond donors (Lipinski definition) is 1. The fourth-order valence-corrected chi connectivity index (χ4v) is 2.61. The van der Waals surface area contributed by atoms with Crippen LogP contribution in [0.5, 0.6) is 0 Å². The van der Waals surface area contributed by atoms with Gasteiger partial charge in [-0.1, -0.05) is 18.2 Å². The van der Waals surface area contributed by atoms with E-state index in [0.717, 1.165) is 15.0 Å². The van der Waals surface area contributed by atoms with Crippen LogP contribution in [-0.4, -0.2) is 18.2 Å². The van der Waals surface area contributed by atoms with Gasteiger partial charge in [0.1, 0.15) is 0 Å². The lowest BCUT2D eigenvalue weighted by molar-refractivity contribution is -0.148. The Kier molecular flexibility index (Phi) is 2.70. The van der Waals surface area contributed by atoms with Gasteiger partial charge in [-0.05, 0) is 17.5 Å². The molecule has 0 amide bonds. The smallest absolute Gasteiger partial charge is 0.338 e. The van der Waals surface area contributed by atoms with E-state index < -0.39 is 12.1 Å². The molecular formula is C11H10O3S. The van der Waals surface area contributed by atoms with Gasteiger partial charge in [-0.2, -0.15) is 0 Å². The Balaban J connectivity index is 2.47. The molecule has 1 aromatic heterocycles. The van der Waals surface area contributed by atoms with Gasteiger partial charge in [0.2, 0.25) is 0 Å². The summed E-state index contributed by atoms with van der Waals surface area (Å²) in [5.41, 5.74) is 0. The van der Waals surface area contributed by atoms with Crippen molar-refractivity contribution in [3.05, 3.63) is 35.2 Å². The molecule has 0 bridgehead atoms. The van der Waals surface area contributed by atoms with Gasteiger partial charge in [0.15, 0.2) is 6.10 Å². The number of methoxy groups -OCH3 is 1. The summed E-state index contributed by atoms with van der Waals surface area (Å²) in [5.74, 6) is -0.955. The number of aliphatic carboxylic acids is 1. The highest BCUT2D eigenvalue weighted by Crippen LogP contribution is 2.31. The highest BCUT2D eigenvalue weighted by Gasteiger charge is 2.20. The molecule has 0 saturated heterocycles. The van der Waals surface area contributed by atoms with Crippen LogP contribution in [0.15, 0.2) is 30.3 Å². The van der Waals surface area contributed by atoms with Crippen LogP contribution in [0.3, 0.4) is 0 Å². The Morgan fingerprint density at radius 1 is 1.47 bits per heavy atom. The van der Waals surface area contributed by atoms with Crippen LogP contribution in [0.4, 0.5) is 0 Å². The summed E-state index contributed by atoms with van der Waals surface area (Å²) in [5, 5.41) is 9.99. The molecule has 0 saturated carbocycles. The third kappa shape index (κ3) is 1.86. The molecule has 4 heteroatoms. The molecule has 2 rings (SSSR count). The first kappa shape index (κ1) is 10.1. The number of benzene rings is 1. The first-order chi connectivity index (χ1) is 7.22. The molecule has 0 aliphatic carbocycles. The number of carbonyl (C=O) groups is 1. The SMILES string of the molecule is COC(C(=O)O)c1cc2ccccc2s1. The second kappa shape index (κ2) is 4.00. The monoisotopic (exact) mass is 222 g/mol. The molecule has 78 valence electrons. The summed E-state index contributed by atoms with van der Waals surface area (Å²) >= 11 is 1.45. The Hall–Kier alpha value is -1.39. The summed E-state index contributed by atoms with van der Waals surface area (Å²) in [6.07, 6.45) is -0.859. The fraction of sp³-hybridized carbons (Fsp3) is 0.182. The lowest BCUT2D eigenvalue weighted by atomic mass is 10.2. The maximum Gasteiger partial charge on any atom is 0.338 e. The van der Waals surface area contributed by atoms with Crippen LogP contribution in [0.2, 0.25) is 0 Å². The van der Waals surface area contributed by atoms with Crippen LogP contribution in [-0.2, 0) is 9.53 Å². The molecule has 1 aromatic carbocycles. The zero-order valence-electron chi connectivity index (χ0n) is 8.14. The van der Waals surface area contributed by atoms with Crippen molar-refractivity contribution in [2.24, 2.45) is 0 Å².